The summed E-state index contributed by atoms with van der Waals surface area (Å²) in [6.07, 6.45) is 4.45. The molecule has 5 rings (SSSR count). The molecule has 13 heteroatoms. The maximum Gasteiger partial charge on any atom is 0.248 e. The smallest absolute Gasteiger partial charge is 0.248 e. The molecule has 3 heterocycles. The van der Waals surface area contributed by atoms with Gasteiger partial charge >= 0.3 is 0 Å². The van der Waals surface area contributed by atoms with E-state index in [4.69, 9.17) is 17.3 Å². The first-order valence-corrected chi connectivity index (χ1v) is 16.5. The van der Waals surface area contributed by atoms with Gasteiger partial charge < -0.3 is 16.4 Å². The maximum atomic E-state index is 15.1. The number of nitrogens with two attached hydrogens (primary N) is 1. The highest BCUT2D eigenvalue weighted by molar-refractivity contribution is 7.89. The van der Waals surface area contributed by atoms with Crippen LogP contribution >= 0.6 is 11.6 Å². The largest absolute Gasteiger partial charge is 0.323 e. The Labute approximate surface area is 249 Å². The van der Waals surface area contributed by atoms with E-state index in [0.29, 0.717) is 49.4 Å². The summed E-state index contributed by atoms with van der Waals surface area (Å²) < 4.78 is 71.2. The molecule has 1 saturated carbocycles. The molecular weight excluding hydrogens is 591 g/mol. The van der Waals surface area contributed by atoms with Crippen molar-refractivity contribution in [2.75, 3.05) is 24.2 Å². The van der Waals surface area contributed by atoms with Gasteiger partial charge in [-0.05, 0) is 62.1 Å². The lowest BCUT2D eigenvalue weighted by atomic mass is 9.72. The Morgan fingerprint density at radius 2 is 1.98 bits per heavy atom. The Morgan fingerprint density at radius 3 is 2.71 bits per heavy atom. The number of aromatic nitrogens is 1. The van der Waals surface area contributed by atoms with Crippen LogP contribution in [-0.4, -0.2) is 66.5 Å². The molecule has 6 unspecified atom stereocenters. The fourth-order valence-corrected chi connectivity index (χ4v) is 8.67. The van der Waals surface area contributed by atoms with E-state index in [-0.39, 0.29) is 48.3 Å². The monoisotopic (exact) mass is 627 g/mol. The third kappa shape index (κ3) is 7.10. The van der Waals surface area contributed by atoms with Gasteiger partial charge in [0.05, 0.1) is 29.9 Å². The molecule has 230 valence electrons. The number of nitrogens with one attached hydrogen (secondary N) is 2. The van der Waals surface area contributed by atoms with Crippen LogP contribution in [0.25, 0.3) is 0 Å². The number of rotatable bonds is 8. The number of nitrogens with zero attached hydrogens (tertiary/aromatic N) is 2. The highest BCUT2D eigenvalue weighted by Crippen LogP contribution is 2.44. The van der Waals surface area contributed by atoms with E-state index < -0.39 is 45.5 Å². The van der Waals surface area contributed by atoms with E-state index in [2.05, 4.69) is 15.6 Å². The van der Waals surface area contributed by atoms with Crippen molar-refractivity contribution in [1.82, 2.24) is 14.6 Å². The maximum absolute atomic E-state index is 15.1. The standard InChI is InChI=1S/C29H37ClF3N5O3S/c30-20-7-5-18(6-8-20)26(19-3-1-11-29(32,33)13-19)27(34)28(39)37-25-16-35-15-24(31)23(25)10-9-22-14-36-21-4-2-12-42(40,41)38(22)17-21/h5-8,15-16,19,21-22,26-27,36H,1-4,9-14,17,34H2,(H,37,39). The van der Waals surface area contributed by atoms with Gasteiger partial charge in [0.25, 0.3) is 0 Å². The number of fused-ring (bicyclic) bond motifs is 2. The summed E-state index contributed by atoms with van der Waals surface area (Å²) >= 11 is 6.05. The van der Waals surface area contributed by atoms with Crippen LogP contribution in [0.1, 0.15) is 62.0 Å². The molecule has 0 radical (unpaired) electrons. The van der Waals surface area contributed by atoms with Gasteiger partial charge in [0.1, 0.15) is 5.82 Å². The molecule has 3 aliphatic rings. The van der Waals surface area contributed by atoms with Crippen molar-refractivity contribution in [3.63, 3.8) is 0 Å². The van der Waals surface area contributed by atoms with Crippen LogP contribution in [0.5, 0.6) is 0 Å². The minimum atomic E-state index is -3.41. The number of piperazine rings is 1. The second-order valence-corrected chi connectivity index (χ2v) is 14.3. The van der Waals surface area contributed by atoms with Crippen LogP contribution in [0, 0.1) is 11.7 Å². The third-order valence-electron chi connectivity index (χ3n) is 8.88. The van der Waals surface area contributed by atoms with Crippen molar-refractivity contribution in [2.24, 2.45) is 11.7 Å². The Kier molecular flexibility index (Phi) is 9.48. The normalized spacial score (nSPS) is 28.3. The summed E-state index contributed by atoms with van der Waals surface area (Å²) in [7, 11) is -3.41. The topological polar surface area (TPSA) is 117 Å². The van der Waals surface area contributed by atoms with Crippen LogP contribution in [-0.2, 0) is 21.2 Å². The fourth-order valence-electron chi connectivity index (χ4n) is 6.73. The summed E-state index contributed by atoms with van der Waals surface area (Å²) in [5.74, 6) is -5.30. The van der Waals surface area contributed by atoms with E-state index in [0.717, 1.165) is 12.6 Å². The predicted octanol–water partition coefficient (Wildman–Crippen LogP) is 4.45. The molecule has 1 aromatic heterocycles. The molecule has 3 fully saturated rings. The molecule has 2 aromatic rings. The quantitative estimate of drug-likeness (QED) is 0.398. The van der Waals surface area contributed by atoms with E-state index in [1.807, 2.05) is 0 Å². The SMILES string of the molecule is NC(C(=O)Nc1cncc(F)c1CCC1CNC2CCCS(=O)(=O)N1C2)C(c1ccc(Cl)cc1)C1CCCC(F)(F)C1. The first-order valence-electron chi connectivity index (χ1n) is 14.5. The lowest BCUT2D eigenvalue weighted by molar-refractivity contribution is -0.119. The summed E-state index contributed by atoms with van der Waals surface area (Å²) in [5.41, 5.74) is 7.43. The molecule has 0 spiro atoms. The Morgan fingerprint density at radius 1 is 1.21 bits per heavy atom. The zero-order valence-electron chi connectivity index (χ0n) is 23.2. The Bertz CT molecular complexity index is 1380. The minimum absolute atomic E-state index is 0.0895. The molecule has 2 bridgehead atoms. The highest BCUT2D eigenvalue weighted by atomic mass is 35.5. The van der Waals surface area contributed by atoms with Crippen LogP contribution in [0.15, 0.2) is 36.7 Å². The Balaban J connectivity index is 1.34. The molecule has 6 atom stereocenters. The first-order chi connectivity index (χ1) is 19.9. The zero-order chi connectivity index (χ0) is 30.1. The number of amides is 1. The molecule has 1 aromatic carbocycles. The summed E-state index contributed by atoms with van der Waals surface area (Å²) in [5, 5.41) is 6.57. The molecule has 1 aliphatic carbocycles. The average Bonchev–Trinajstić information content (AvgIpc) is 3.05. The average molecular weight is 628 g/mol. The summed E-state index contributed by atoms with van der Waals surface area (Å²) in [4.78, 5) is 17.4. The van der Waals surface area contributed by atoms with E-state index >= 15 is 4.39 Å². The van der Waals surface area contributed by atoms with Crippen LogP contribution in [0.4, 0.5) is 18.9 Å². The predicted molar refractivity (Wildman–Crippen MR) is 156 cm³/mol. The number of halogens is 4. The third-order valence-corrected chi connectivity index (χ3v) is 11.1. The number of hydrogen-bond donors (Lipinski definition) is 3. The number of sulfonamides is 1. The van der Waals surface area contributed by atoms with Gasteiger partial charge in [0.15, 0.2) is 0 Å². The lowest BCUT2D eigenvalue weighted by Gasteiger charge is -2.37. The second kappa shape index (κ2) is 12.8. The van der Waals surface area contributed by atoms with Crippen molar-refractivity contribution >= 4 is 33.2 Å². The van der Waals surface area contributed by atoms with E-state index in [1.165, 1.54) is 10.5 Å². The number of carbonyl (C=O) groups is 1. The summed E-state index contributed by atoms with van der Waals surface area (Å²) in [6.45, 7) is 0.842. The van der Waals surface area contributed by atoms with Gasteiger partial charge in [0.2, 0.25) is 21.9 Å². The molecule has 4 N–H and O–H groups in total. The van der Waals surface area contributed by atoms with Crippen LogP contribution < -0.4 is 16.4 Å². The molecule has 1 amide bonds. The summed E-state index contributed by atoms with van der Waals surface area (Å²) in [6, 6.07) is 5.20. The van der Waals surface area contributed by atoms with Gasteiger partial charge in [-0.1, -0.05) is 23.7 Å². The number of anilines is 1. The first kappa shape index (κ1) is 31.2. The molecule has 2 saturated heterocycles. The van der Waals surface area contributed by atoms with Gasteiger partial charge in [-0.2, -0.15) is 4.31 Å². The number of benzene rings is 1. The van der Waals surface area contributed by atoms with Crippen LogP contribution in [0.3, 0.4) is 0 Å². The highest BCUT2D eigenvalue weighted by Gasteiger charge is 2.43. The van der Waals surface area contributed by atoms with E-state index in [1.54, 1.807) is 24.3 Å². The van der Waals surface area contributed by atoms with Crippen molar-refractivity contribution in [1.29, 1.82) is 0 Å². The number of pyridine rings is 1. The minimum Gasteiger partial charge on any atom is -0.323 e. The lowest BCUT2D eigenvalue weighted by Crippen LogP contribution is -2.57. The number of hydrogen-bond acceptors (Lipinski definition) is 6. The van der Waals surface area contributed by atoms with Crippen molar-refractivity contribution < 1.29 is 26.4 Å². The second-order valence-electron chi connectivity index (χ2n) is 11.8. The zero-order valence-corrected chi connectivity index (χ0v) is 24.8. The van der Waals surface area contributed by atoms with Gasteiger partial charge in [-0.25, -0.2) is 21.6 Å². The van der Waals surface area contributed by atoms with Gasteiger partial charge in [-0.15, -0.1) is 0 Å². The van der Waals surface area contributed by atoms with Gasteiger partial charge in [-0.3, -0.25) is 9.78 Å². The molecule has 2 aliphatic heterocycles. The van der Waals surface area contributed by atoms with Crippen molar-refractivity contribution in [3.05, 3.63) is 58.6 Å². The molecule has 42 heavy (non-hydrogen) atoms. The van der Waals surface area contributed by atoms with Crippen molar-refractivity contribution in [3.8, 4) is 0 Å². The van der Waals surface area contributed by atoms with E-state index in [9.17, 15) is 22.0 Å². The van der Waals surface area contributed by atoms with Gasteiger partial charge in [0, 0.05) is 54.5 Å². The number of carbonyl (C=O) groups excluding carboxylic acids is 1. The fraction of sp³-hybridized carbons (Fsp3) is 0.586. The van der Waals surface area contributed by atoms with Crippen molar-refractivity contribution in [2.45, 2.75) is 81.3 Å². The van der Waals surface area contributed by atoms with Crippen LogP contribution in [0.2, 0.25) is 5.02 Å². The number of alkyl halides is 2. The Hall–Kier alpha value is -2.25. The molecular formula is C29H37ClF3N5O3S. The molecule has 8 nitrogen and oxygen atoms in total.